The molecule has 0 spiro atoms. The number of methoxy groups -OCH3 is 1. The second-order valence-corrected chi connectivity index (χ2v) is 18.5. The van der Waals surface area contributed by atoms with E-state index in [1.165, 1.54) is 18.1 Å². The van der Waals surface area contributed by atoms with Crippen LogP contribution in [0.1, 0.15) is 84.1 Å². The molecule has 7 rings (SSSR count). The average Bonchev–Trinajstić information content (AvgIpc) is 4.04. The lowest BCUT2D eigenvalue weighted by molar-refractivity contribution is -0.142. The van der Waals surface area contributed by atoms with Crippen LogP contribution in [-0.2, 0) is 30.8 Å². The molecule has 304 valence electrons. The van der Waals surface area contributed by atoms with Crippen molar-refractivity contribution in [3.8, 4) is 17.5 Å². The van der Waals surface area contributed by atoms with Crippen LogP contribution in [0.25, 0.3) is 10.8 Å². The number of hydrogen-bond acceptors (Lipinski definition) is 10. The quantitative estimate of drug-likeness (QED) is 0.282. The number of fused-ring (bicyclic) bond motifs is 5. The summed E-state index contributed by atoms with van der Waals surface area (Å²) in [7, 11) is -2.68. The maximum atomic E-state index is 15.2. The number of hydrogen-bond donors (Lipinski definition) is 4. The molecule has 5 aliphatic rings. The number of carboxylic acid groups (broad SMARTS) is 1. The minimum Gasteiger partial charge on any atom is -0.494 e. The van der Waals surface area contributed by atoms with Gasteiger partial charge in [-0.3, -0.25) is 19.1 Å². The molecule has 0 unspecified atom stereocenters. The van der Waals surface area contributed by atoms with E-state index in [9.17, 15) is 32.7 Å². The Bertz CT molecular complexity index is 2080. The maximum Gasteiger partial charge on any atom is 0.405 e. The summed E-state index contributed by atoms with van der Waals surface area (Å²) in [5, 5.41) is 16.1. The largest absolute Gasteiger partial charge is 0.494 e. The molecule has 2 aliphatic carbocycles. The van der Waals surface area contributed by atoms with E-state index in [1.807, 2.05) is 26.0 Å². The number of halogens is 1. The molecular weight excluding hydrogens is 750 g/mol. The Kier molecular flexibility index (Phi) is 10.6. The minimum absolute atomic E-state index is 0.0188. The molecular formula is C39H50FN5O10S. The van der Waals surface area contributed by atoms with E-state index in [-0.39, 0.29) is 36.9 Å². The molecule has 4 amide bonds. The van der Waals surface area contributed by atoms with Gasteiger partial charge in [-0.1, -0.05) is 32.4 Å². The van der Waals surface area contributed by atoms with Crippen LogP contribution in [0.5, 0.6) is 17.5 Å². The van der Waals surface area contributed by atoms with E-state index in [0.717, 1.165) is 12.0 Å². The molecule has 4 heterocycles. The summed E-state index contributed by atoms with van der Waals surface area (Å²) >= 11 is 0. The van der Waals surface area contributed by atoms with Crippen molar-refractivity contribution in [2.75, 3.05) is 20.3 Å². The fourth-order valence-corrected chi connectivity index (χ4v) is 9.76. The molecule has 2 aromatic rings. The van der Waals surface area contributed by atoms with Crippen molar-refractivity contribution in [2.45, 2.75) is 113 Å². The van der Waals surface area contributed by atoms with Gasteiger partial charge in [0.15, 0.2) is 11.6 Å². The number of pyridine rings is 1. The molecule has 4 N–H and O–H groups in total. The van der Waals surface area contributed by atoms with E-state index in [2.05, 4.69) is 20.3 Å². The topological polar surface area (TPSA) is 203 Å². The molecule has 1 saturated heterocycles. The summed E-state index contributed by atoms with van der Waals surface area (Å²) in [5.74, 6) is -3.32. The molecule has 0 radical (unpaired) electrons. The lowest BCUT2D eigenvalue weighted by Gasteiger charge is -2.33. The number of rotatable bonds is 8. The van der Waals surface area contributed by atoms with Crippen LogP contribution >= 0.6 is 0 Å². The number of ether oxygens (including phenoxy) is 3. The van der Waals surface area contributed by atoms with Crippen molar-refractivity contribution in [3.63, 3.8) is 0 Å². The monoisotopic (exact) mass is 799 g/mol. The van der Waals surface area contributed by atoms with Gasteiger partial charge in [0.1, 0.15) is 23.7 Å². The third kappa shape index (κ3) is 7.45. The van der Waals surface area contributed by atoms with Crippen molar-refractivity contribution in [1.29, 1.82) is 0 Å². The second-order valence-electron chi connectivity index (χ2n) is 16.3. The summed E-state index contributed by atoms with van der Waals surface area (Å²) in [6.07, 6.45) is 6.01. The smallest absolute Gasteiger partial charge is 0.405 e. The maximum absolute atomic E-state index is 15.2. The standard InChI is InChI=1S/C39H50FN5O10S/c1-5-22-15-21(2)9-6-7-10-23-19-39(23,36(48)44-56(51,52)38(3)12-13-38)43-32(46)29-16-24(20-45(29)35(47)31(22)41-37(49)50)55-34-27-17-28(40)30(53-4)18-26(27)25-11-8-14-54-33(25)42-34/h7,10,17-18,21-24,29,31,41H,5-6,8-9,11-16,19-20H2,1-4H3,(H,43,46)(H,44,48)(H,49,50)/t21-,22-,23-,24-,29+,31+,39-/m1/s1. The normalized spacial score (nSPS) is 30.0. The van der Waals surface area contributed by atoms with Gasteiger partial charge in [-0.05, 0) is 87.6 Å². The molecule has 7 atom stereocenters. The number of benzene rings is 1. The first-order valence-corrected chi connectivity index (χ1v) is 20.9. The van der Waals surface area contributed by atoms with E-state index < -0.39 is 80.0 Å². The Morgan fingerprint density at radius 2 is 1.96 bits per heavy atom. The number of aryl methyl sites for hydroxylation is 1. The Hall–Kier alpha value is -4.67. The molecule has 1 aromatic carbocycles. The number of carbonyl (C=O) groups is 4. The Morgan fingerprint density at radius 3 is 2.66 bits per heavy atom. The van der Waals surface area contributed by atoms with Gasteiger partial charge in [0.25, 0.3) is 5.91 Å². The molecule has 3 fully saturated rings. The van der Waals surface area contributed by atoms with Gasteiger partial charge in [-0.25, -0.2) is 17.6 Å². The molecule has 1 aromatic heterocycles. The van der Waals surface area contributed by atoms with Crippen molar-refractivity contribution in [3.05, 3.63) is 35.7 Å². The van der Waals surface area contributed by atoms with Crippen LogP contribution < -0.4 is 29.6 Å². The number of carbonyl (C=O) groups excluding carboxylic acids is 3. The van der Waals surface area contributed by atoms with Crippen LogP contribution in [0.15, 0.2) is 24.3 Å². The summed E-state index contributed by atoms with van der Waals surface area (Å²) in [6, 6.07) is 0.361. The number of nitrogens with zero attached hydrogens (tertiary/aromatic N) is 2. The minimum atomic E-state index is -4.04. The molecule has 56 heavy (non-hydrogen) atoms. The SMILES string of the molecule is CC[C@@H]1C[C@H](C)CCC=C[C@@H]2C[C@@]2(C(=O)NS(=O)(=O)C2(C)CC2)NC(=O)[C@@H]2C[C@@H](Oc3nc4c(c5cc(OC)c(F)cc35)CCCO4)CN2C(=O)[C@H]1NC(=O)O. The zero-order chi connectivity index (χ0) is 40.2. The molecule has 3 aliphatic heterocycles. The summed E-state index contributed by atoms with van der Waals surface area (Å²) < 4.78 is 60.3. The van der Waals surface area contributed by atoms with Crippen LogP contribution in [0, 0.1) is 23.6 Å². The van der Waals surface area contributed by atoms with Crippen LogP contribution in [-0.4, -0.2) is 96.0 Å². The summed E-state index contributed by atoms with van der Waals surface area (Å²) in [5.41, 5.74) is -0.831. The average molecular weight is 800 g/mol. The van der Waals surface area contributed by atoms with Gasteiger partial charge in [-0.2, -0.15) is 4.98 Å². The van der Waals surface area contributed by atoms with E-state index in [1.54, 1.807) is 13.0 Å². The summed E-state index contributed by atoms with van der Waals surface area (Å²) in [4.78, 5) is 61.1. The number of amides is 4. The first kappa shape index (κ1) is 39.6. The predicted octanol–water partition coefficient (Wildman–Crippen LogP) is 3.97. The summed E-state index contributed by atoms with van der Waals surface area (Å²) in [6.45, 7) is 5.71. The Labute approximate surface area is 325 Å². The molecule has 17 heteroatoms. The number of aromatic nitrogens is 1. The number of nitrogens with one attached hydrogen (secondary N) is 3. The third-order valence-corrected chi connectivity index (χ3v) is 14.4. The predicted molar refractivity (Wildman–Crippen MR) is 201 cm³/mol. The second kappa shape index (κ2) is 15.0. The van der Waals surface area contributed by atoms with Gasteiger partial charge in [0.05, 0.1) is 25.0 Å². The fraction of sp³-hybridized carbons (Fsp3) is 0.615. The highest BCUT2D eigenvalue weighted by molar-refractivity contribution is 7.91. The van der Waals surface area contributed by atoms with Crippen LogP contribution in [0.4, 0.5) is 9.18 Å². The van der Waals surface area contributed by atoms with Crippen molar-refractivity contribution < 1.29 is 51.3 Å². The third-order valence-electron chi connectivity index (χ3n) is 12.3. The molecule has 2 saturated carbocycles. The van der Waals surface area contributed by atoms with Gasteiger partial charge in [0.2, 0.25) is 33.6 Å². The Balaban J connectivity index is 1.26. The van der Waals surface area contributed by atoms with Gasteiger partial charge < -0.3 is 34.9 Å². The lowest BCUT2D eigenvalue weighted by atomic mass is 9.85. The zero-order valence-electron chi connectivity index (χ0n) is 32.1. The van der Waals surface area contributed by atoms with Crippen LogP contribution in [0.2, 0.25) is 0 Å². The van der Waals surface area contributed by atoms with E-state index in [4.69, 9.17) is 14.2 Å². The fourth-order valence-electron chi connectivity index (χ4n) is 8.45. The highest BCUT2D eigenvalue weighted by atomic mass is 32.2. The van der Waals surface area contributed by atoms with Gasteiger partial charge in [0, 0.05) is 23.3 Å². The zero-order valence-corrected chi connectivity index (χ0v) is 32.9. The molecule has 15 nitrogen and oxygen atoms in total. The lowest BCUT2D eigenvalue weighted by Crippen LogP contribution is -2.59. The Morgan fingerprint density at radius 1 is 1.20 bits per heavy atom. The number of allylic oxidation sites excluding steroid dienone is 1. The highest BCUT2D eigenvalue weighted by Gasteiger charge is 2.63. The van der Waals surface area contributed by atoms with E-state index in [0.29, 0.717) is 68.2 Å². The van der Waals surface area contributed by atoms with Crippen molar-refractivity contribution in [1.82, 2.24) is 25.2 Å². The molecule has 0 bridgehead atoms. The highest BCUT2D eigenvalue weighted by Crippen LogP contribution is 2.48. The first-order chi connectivity index (χ1) is 26.6. The van der Waals surface area contributed by atoms with E-state index >= 15 is 4.39 Å². The van der Waals surface area contributed by atoms with Gasteiger partial charge in [-0.15, -0.1) is 0 Å². The van der Waals surface area contributed by atoms with Crippen molar-refractivity contribution in [2.24, 2.45) is 17.8 Å². The van der Waals surface area contributed by atoms with Crippen molar-refractivity contribution >= 4 is 44.6 Å². The first-order valence-electron chi connectivity index (χ1n) is 19.4. The van der Waals surface area contributed by atoms with Crippen LogP contribution in [0.3, 0.4) is 0 Å². The van der Waals surface area contributed by atoms with Gasteiger partial charge >= 0.3 is 6.09 Å². The number of sulfonamides is 1.